The summed E-state index contributed by atoms with van der Waals surface area (Å²) in [6.07, 6.45) is 2.50. The lowest BCUT2D eigenvalue weighted by Gasteiger charge is -2.10. The first kappa shape index (κ1) is 19.2. The van der Waals surface area contributed by atoms with Crippen molar-refractivity contribution in [1.29, 1.82) is 0 Å². The van der Waals surface area contributed by atoms with Crippen LogP contribution in [0, 0.1) is 6.92 Å². The number of benzene rings is 2. The second-order valence-corrected chi connectivity index (χ2v) is 5.81. The second kappa shape index (κ2) is 9.42. The smallest absolute Gasteiger partial charge is 0.260 e. The zero-order chi connectivity index (χ0) is 18.9. The van der Waals surface area contributed by atoms with Crippen LogP contribution in [0.2, 0.25) is 0 Å². The maximum Gasteiger partial charge on any atom is 0.260 e. The van der Waals surface area contributed by atoms with Gasteiger partial charge >= 0.3 is 0 Å². The predicted molar refractivity (Wildman–Crippen MR) is 106 cm³/mol. The zero-order valence-electron chi connectivity index (χ0n) is 15.3. The summed E-state index contributed by atoms with van der Waals surface area (Å²) < 4.78 is 5.26. The van der Waals surface area contributed by atoms with E-state index in [1.807, 2.05) is 50.2 Å². The fourth-order valence-corrected chi connectivity index (χ4v) is 2.41. The van der Waals surface area contributed by atoms with Crippen LogP contribution in [0.1, 0.15) is 25.3 Å². The number of amides is 1. The number of aryl methyl sites for hydroxylation is 1. The number of carbonyl (C=O) groups excluding carboxylic acids is 1. The lowest BCUT2D eigenvalue weighted by molar-refractivity contribution is -0.112. The molecule has 0 aliphatic carbocycles. The quantitative estimate of drug-likeness (QED) is 0.420. The zero-order valence-corrected chi connectivity index (χ0v) is 15.3. The molecule has 0 heterocycles. The molecule has 0 radical (unpaired) electrons. The van der Waals surface area contributed by atoms with E-state index < -0.39 is 5.91 Å². The summed E-state index contributed by atoms with van der Waals surface area (Å²) in [6.45, 7) is 3.85. The molecule has 0 atom stereocenters. The van der Waals surface area contributed by atoms with Crippen LogP contribution in [0.25, 0.3) is 0 Å². The summed E-state index contributed by atoms with van der Waals surface area (Å²) in [5.41, 5.74) is 2.36. The van der Waals surface area contributed by atoms with Crippen LogP contribution >= 0.6 is 0 Å². The highest BCUT2D eigenvalue weighted by molar-refractivity contribution is 6.18. The third kappa shape index (κ3) is 4.96. The van der Waals surface area contributed by atoms with Crippen molar-refractivity contribution in [2.75, 3.05) is 12.4 Å². The fraction of sp³-hybridized carbons (Fsp3) is 0.238. The monoisotopic (exact) mass is 352 g/mol. The van der Waals surface area contributed by atoms with Gasteiger partial charge in [-0.15, -0.1) is 0 Å². The molecular formula is C21H24N2O3. The van der Waals surface area contributed by atoms with E-state index in [9.17, 15) is 9.90 Å². The second-order valence-electron chi connectivity index (χ2n) is 5.81. The fourth-order valence-electron chi connectivity index (χ4n) is 2.41. The van der Waals surface area contributed by atoms with Gasteiger partial charge in [0.2, 0.25) is 0 Å². The average molecular weight is 352 g/mol. The number of carbonyl (C=O) groups is 1. The standard InChI is InChI=1S/C21H24N2O3/c1-4-9-19(24)16(14-22-18-12-7-8-13-20(18)26-3)21(25)23-17-11-6-5-10-15(17)2/h5-8,10-14,24H,4,9H2,1-3H3,(H,23,25)/b19-16+,22-14?. The van der Waals surface area contributed by atoms with Gasteiger partial charge in [-0.2, -0.15) is 0 Å². The largest absolute Gasteiger partial charge is 0.511 e. The number of aliphatic hydroxyl groups is 1. The maximum atomic E-state index is 12.7. The van der Waals surface area contributed by atoms with Crippen molar-refractivity contribution in [1.82, 2.24) is 0 Å². The Bertz CT molecular complexity index is 826. The molecule has 5 heteroatoms. The molecule has 1 amide bonds. The third-order valence-corrected chi connectivity index (χ3v) is 3.85. The van der Waals surface area contributed by atoms with Crippen LogP contribution in [0.4, 0.5) is 11.4 Å². The van der Waals surface area contributed by atoms with Crippen molar-refractivity contribution in [3.63, 3.8) is 0 Å². The van der Waals surface area contributed by atoms with Gasteiger partial charge in [0.1, 0.15) is 17.2 Å². The van der Waals surface area contributed by atoms with Crippen molar-refractivity contribution in [2.45, 2.75) is 26.7 Å². The van der Waals surface area contributed by atoms with Gasteiger partial charge in [0, 0.05) is 18.3 Å². The van der Waals surface area contributed by atoms with Crippen LogP contribution in [-0.4, -0.2) is 24.3 Å². The Morgan fingerprint density at radius 2 is 1.88 bits per heavy atom. The summed E-state index contributed by atoms with van der Waals surface area (Å²) in [7, 11) is 1.56. The van der Waals surface area contributed by atoms with Gasteiger partial charge in [-0.1, -0.05) is 37.3 Å². The average Bonchev–Trinajstić information content (AvgIpc) is 2.64. The first-order valence-corrected chi connectivity index (χ1v) is 8.53. The number of rotatable bonds is 7. The van der Waals surface area contributed by atoms with Crippen molar-refractivity contribution in [2.24, 2.45) is 4.99 Å². The molecular weight excluding hydrogens is 328 g/mol. The third-order valence-electron chi connectivity index (χ3n) is 3.85. The number of anilines is 1. The Morgan fingerprint density at radius 1 is 1.19 bits per heavy atom. The van der Waals surface area contributed by atoms with Crippen LogP contribution in [0.5, 0.6) is 5.75 Å². The highest BCUT2D eigenvalue weighted by Crippen LogP contribution is 2.26. The predicted octanol–water partition coefficient (Wildman–Crippen LogP) is 4.96. The number of aliphatic hydroxyl groups excluding tert-OH is 1. The molecule has 2 aromatic rings. The molecule has 5 nitrogen and oxygen atoms in total. The van der Waals surface area contributed by atoms with Crippen molar-refractivity contribution >= 4 is 23.5 Å². The number of hydrogen-bond acceptors (Lipinski definition) is 4. The normalized spacial score (nSPS) is 12.0. The Balaban J connectivity index is 2.32. The molecule has 2 N–H and O–H groups in total. The minimum Gasteiger partial charge on any atom is -0.511 e. The topological polar surface area (TPSA) is 70.9 Å². The van der Waals surface area contributed by atoms with E-state index in [1.165, 1.54) is 6.21 Å². The molecule has 0 saturated carbocycles. The molecule has 0 bridgehead atoms. The molecule has 0 unspecified atom stereocenters. The van der Waals surface area contributed by atoms with E-state index in [2.05, 4.69) is 10.3 Å². The van der Waals surface area contributed by atoms with Crippen LogP contribution in [0.15, 0.2) is 64.9 Å². The number of nitrogens with one attached hydrogen (secondary N) is 1. The van der Waals surface area contributed by atoms with Crippen LogP contribution in [0.3, 0.4) is 0 Å². The number of ether oxygens (including phenoxy) is 1. The highest BCUT2D eigenvalue weighted by Gasteiger charge is 2.14. The van der Waals surface area contributed by atoms with Gasteiger partial charge in [0.25, 0.3) is 5.91 Å². The van der Waals surface area contributed by atoms with Gasteiger partial charge in [0.15, 0.2) is 0 Å². The van der Waals surface area contributed by atoms with E-state index in [-0.39, 0.29) is 11.3 Å². The summed E-state index contributed by atoms with van der Waals surface area (Å²) in [5.74, 6) is 0.207. The Kier molecular flexibility index (Phi) is 6.97. The first-order chi connectivity index (χ1) is 12.6. The molecule has 0 aliphatic heterocycles. The highest BCUT2D eigenvalue weighted by atomic mass is 16.5. The van der Waals surface area contributed by atoms with E-state index in [4.69, 9.17) is 4.74 Å². The summed E-state index contributed by atoms with van der Waals surface area (Å²) >= 11 is 0. The molecule has 2 aromatic carbocycles. The molecule has 0 aliphatic rings. The van der Waals surface area contributed by atoms with Gasteiger partial charge in [0.05, 0.1) is 12.7 Å². The van der Waals surface area contributed by atoms with Crippen molar-refractivity contribution < 1.29 is 14.6 Å². The molecule has 0 spiro atoms. The van der Waals surface area contributed by atoms with Crippen LogP contribution in [-0.2, 0) is 4.79 Å². The lowest BCUT2D eigenvalue weighted by Crippen LogP contribution is -2.18. The molecule has 0 fully saturated rings. The minimum atomic E-state index is -0.399. The van der Waals surface area contributed by atoms with E-state index >= 15 is 0 Å². The SMILES string of the molecule is CCC/C(O)=C(/C=Nc1ccccc1OC)C(=O)Nc1ccccc1C. The van der Waals surface area contributed by atoms with Crippen LogP contribution < -0.4 is 10.1 Å². The van der Waals surface area contributed by atoms with Gasteiger partial charge in [-0.05, 0) is 37.1 Å². The van der Waals surface area contributed by atoms with Gasteiger partial charge in [-0.25, -0.2) is 0 Å². The minimum absolute atomic E-state index is 0.0113. The Labute approximate surface area is 154 Å². The summed E-state index contributed by atoms with van der Waals surface area (Å²) in [4.78, 5) is 17.0. The van der Waals surface area contributed by atoms with Crippen molar-refractivity contribution in [3.05, 3.63) is 65.4 Å². The van der Waals surface area contributed by atoms with E-state index in [0.717, 1.165) is 12.0 Å². The summed E-state index contributed by atoms with van der Waals surface area (Å²) in [5, 5.41) is 13.2. The number of para-hydroxylation sites is 3. The van der Waals surface area contributed by atoms with Gasteiger partial charge in [-0.3, -0.25) is 9.79 Å². The van der Waals surface area contributed by atoms with Gasteiger partial charge < -0.3 is 15.2 Å². The van der Waals surface area contributed by atoms with E-state index in [0.29, 0.717) is 23.5 Å². The number of methoxy groups -OCH3 is 1. The Hall–Kier alpha value is -3.08. The molecule has 0 aromatic heterocycles. The summed E-state index contributed by atoms with van der Waals surface area (Å²) in [6, 6.07) is 14.7. The first-order valence-electron chi connectivity index (χ1n) is 8.53. The molecule has 136 valence electrons. The number of aliphatic imine (C=N–C) groups is 1. The number of nitrogens with zero attached hydrogens (tertiary/aromatic N) is 1. The molecule has 0 saturated heterocycles. The number of hydrogen-bond donors (Lipinski definition) is 2. The molecule has 26 heavy (non-hydrogen) atoms. The van der Waals surface area contributed by atoms with Crippen molar-refractivity contribution in [3.8, 4) is 5.75 Å². The maximum absolute atomic E-state index is 12.7. The lowest BCUT2D eigenvalue weighted by atomic mass is 10.1. The van der Waals surface area contributed by atoms with E-state index in [1.54, 1.807) is 19.2 Å². The molecule has 2 rings (SSSR count). The Morgan fingerprint density at radius 3 is 2.58 bits per heavy atom. The number of allylic oxidation sites excluding steroid dienone is 1.